The summed E-state index contributed by atoms with van der Waals surface area (Å²) in [6.45, 7) is 5.46. The molecule has 2 aliphatic rings. The van der Waals surface area contributed by atoms with E-state index in [2.05, 4.69) is 5.32 Å². The van der Waals surface area contributed by atoms with Gasteiger partial charge in [0, 0.05) is 24.7 Å². The van der Waals surface area contributed by atoms with E-state index in [1.165, 1.54) is 12.1 Å². The van der Waals surface area contributed by atoms with Gasteiger partial charge in [0.15, 0.2) is 0 Å². The van der Waals surface area contributed by atoms with Crippen LogP contribution in [0, 0.1) is 5.92 Å². The number of hydrogen-bond acceptors (Lipinski definition) is 5. The molecule has 0 saturated carbocycles. The van der Waals surface area contributed by atoms with Gasteiger partial charge in [-0.05, 0) is 58.0 Å². The van der Waals surface area contributed by atoms with Crippen molar-refractivity contribution in [3.8, 4) is 0 Å². The van der Waals surface area contributed by atoms with Gasteiger partial charge in [-0.2, -0.15) is 0 Å². The first kappa shape index (κ1) is 20.7. The highest BCUT2D eigenvalue weighted by Gasteiger charge is 2.43. The summed E-state index contributed by atoms with van der Waals surface area (Å²) in [5.74, 6) is -0.309. The smallest absolute Gasteiger partial charge is 0.269 e. The zero-order valence-corrected chi connectivity index (χ0v) is 16.7. The minimum absolute atomic E-state index is 0. The third-order valence-electron chi connectivity index (χ3n) is 4.73. The highest BCUT2D eigenvalue weighted by atomic mass is 35.5. The third kappa shape index (κ3) is 3.33. The molecule has 144 valence electrons. The Morgan fingerprint density at radius 3 is 2.65 bits per heavy atom. The van der Waals surface area contributed by atoms with Crippen LogP contribution in [0.2, 0.25) is 0 Å². The highest BCUT2D eigenvalue weighted by Crippen LogP contribution is 2.33. The maximum atomic E-state index is 12.7. The Bertz CT molecular complexity index is 825. The van der Waals surface area contributed by atoms with E-state index in [0.717, 1.165) is 17.3 Å². The number of carbonyl (C=O) groups is 2. The van der Waals surface area contributed by atoms with E-state index in [4.69, 9.17) is 0 Å². The van der Waals surface area contributed by atoms with Crippen LogP contribution in [-0.4, -0.2) is 62.2 Å². The van der Waals surface area contributed by atoms with Crippen molar-refractivity contribution in [1.82, 2.24) is 14.5 Å². The summed E-state index contributed by atoms with van der Waals surface area (Å²) in [7, 11) is -2.01. The number of nitrogens with zero attached hydrogens (tertiary/aromatic N) is 2. The Hall–Kier alpha value is -1.64. The molecular weight excluding hydrogens is 378 g/mol. The standard InChI is InChI=1S/C17H23N3O4S.ClH/c1-11(2)20-17(22)14-5-4-13(8-15(14)25(20,23)24)16(21)19-7-6-12(10-19)9-18-3;/h4-5,8,11-12,18H,6-7,9-10H2,1-3H3;1H. The van der Waals surface area contributed by atoms with Crippen LogP contribution in [0.3, 0.4) is 0 Å². The van der Waals surface area contributed by atoms with Crippen molar-refractivity contribution in [3.05, 3.63) is 29.3 Å². The molecule has 0 aromatic heterocycles. The summed E-state index contributed by atoms with van der Waals surface area (Å²) in [5.41, 5.74) is 0.450. The molecule has 1 aromatic carbocycles. The van der Waals surface area contributed by atoms with Gasteiger partial charge >= 0.3 is 0 Å². The number of halogens is 1. The van der Waals surface area contributed by atoms with Crippen LogP contribution >= 0.6 is 12.4 Å². The fourth-order valence-corrected chi connectivity index (χ4v) is 5.34. The van der Waals surface area contributed by atoms with Crippen molar-refractivity contribution in [1.29, 1.82) is 0 Å². The molecule has 1 fully saturated rings. The lowest BCUT2D eigenvalue weighted by atomic mass is 10.1. The van der Waals surface area contributed by atoms with Crippen molar-refractivity contribution in [2.24, 2.45) is 5.92 Å². The predicted molar refractivity (Wildman–Crippen MR) is 100 cm³/mol. The SMILES string of the molecule is CNCC1CCN(C(=O)c2ccc3c(c2)S(=O)(=O)N(C(C)C)C3=O)C1.Cl. The van der Waals surface area contributed by atoms with Gasteiger partial charge < -0.3 is 10.2 Å². The Morgan fingerprint density at radius 1 is 1.35 bits per heavy atom. The predicted octanol–water partition coefficient (Wildman–Crippen LogP) is 1.34. The molecule has 3 rings (SSSR count). The van der Waals surface area contributed by atoms with Gasteiger partial charge in [0.25, 0.3) is 21.8 Å². The maximum absolute atomic E-state index is 12.7. The molecule has 1 N–H and O–H groups in total. The van der Waals surface area contributed by atoms with Crippen LogP contribution in [0.4, 0.5) is 0 Å². The molecule has 2 amide bonds. The van der Waals surface area contributed by atoms with Gasteiger partial charge in [-0.15, -0.1) is 12.4 Å². The molecule has 0 spiro atoms. The second kappa shape index (κ2) is 7.54. The zero-order chi connectivity index (χ0) is 18.4. The first-order valence-electron chi connectivity index (χ1n) is 8.44. The quantitative estimate of drug-likeness (QED) is 0.822. The first-order valence-corrected chi connectivity index (χ1v) is 9.88. The summed E-state index contributed by atoms with van der Waals surface area (Å²) >= 11 is 0. The number of sulfonamides is 1. The minimum Gasteiger partial charge on any atom is -0.338 e. The average Bonchev–Trinajstić information content (AvgIpc) is 3.08. The summed E-state index contributed by atoms with van der Waals surface area (Å²) in [5, 5.41) is 3.11. The van der Waals surface area contributed by atoms with E-state index in [0.29, 0.717) is 24.6 Å². The Labute approximate surface area is 160 Å². The lowest BCUT2D eigenvalue weighted by Crippen LogP contribution is -2.36. The van der Waals surface area contributed by atoms with Gasteiger partial charge in [-0.25, -0.2) is 12.7 Å². The molecule has 1 unspecified atom stereocenters. The van der Waals surface area contributed by atoms with E-state index in [1.807, 2.05) is 7.05 Å². The van der Waals surface area contributed by atoms with Crippen LogP contribution in [0.1, 0.15) is 41.0 Å². The van der Waals surface area contributed by atoms with Crippen molar-refractivity contribution in [3.63, 3.8) is 0 Å². The lowest BCUT2D eigenvalue weighted by Gasteiger charge is -2.19. The molecule has 0 aliphatic carbocycles. The molecule has 0 radical (unpaired) electrons. The van der Waals surface area contributed by atoms with Crippen molar-refractivity contribution in [2.75, 3.05) is 26.7 Å². The number of carbonyl (C=O) groups excluding carboxylic acids is 2. The second-order valence-corrected chi connectivity index (χ2v) is 8.66. The van der Waals surface area contributed by atoms with Crippen LogP contribution < -0.4 is 5.32 Å². The van der Waals surface area contributed by atoms with E-state index in [-0.39, 0.29) is 28.8 Å². The van der Waals surface area contributed by atoms with Crippen molar-refractivity contribution >= 4 is 34.2 Å². The molecule has 26 heavy (non-hydrogen) atoms. The average molecular weight is 402 g/mol. The van der Waals surface area contributed by atoms with Gasteiger partial charge in [0.05, 0.1) is 5.56 Å². The molecule has 9 heteroatoms. The summed E-state index contributed by atoms with van der Waals surface area (Å²) < 4.78 is 26.2. The number of likely N-dealkylation sites (tertiary alicyclic amines) is 1. The Balaban J connectivity index is 0.00000243. The van der Waals surface area contributed by atoms with Gasteiger partial charge in [0.1, 0.15) is 4.90 Å². The molecular formula is C17H24ClN3O4S. The summed E-state index contributed by atoms with van der Waals surface area (Å²) in [6.07, 6.45) is 0.926. The third-order valence-corrected chi connectivity index (χ3v) is 6.73. The van der Waals surface area contributed by atoms with Crippen LogP contribution in [0.5, 0.6) is 0 Å². The van der Waals surface area contributed by atoms with E-state index in [1.54, 1.807) is 24.8 Å². The lowest BCUT2D eigenvalue weighted by molar-refractivity contribution is 0.0784. The minimum atomic E-state index is -3.89. The number of nitrogens with one attached hydrogen (secondary N) is 1. The number of amides is 2. The fourth-order valence-electron chi connectivity index (χ4n) is 3.55. The molecule has 1 atom stereocenters. The zero-order valence-electron chi connectivity index (χ0n) is 15.1. The summed E-state index contributed by atoms with van der Waals surface area (Å²) in [6, 6.07) is 3.87. The maximum Gasteiger partial charge on any atom is 0.269 e. The van der Waals surface area contributed by atoms with E-state index in [9.17, 15) is 18.0 Å². The largest absolute Gasteiger partial charge is 0.338 e. The Kier molecular flexibility index (Phi) is 5.99. The number of hydrogen-bond donors (Lipinski definition) is 1. The molecule has 1 aromatic rings. The normalized spacial score (nSPS) is 21.1. The number of rotatable bonds is 4. The molecule has 2 aliphatic heterocycles. The molecule has 7 nitrogen and oxygen atoms in total. The summed E-state index contributed by atoms with van der Waals surface area (Å²) in [4.78, 5) is 26.7. The van der Waals surface area contributed by atoms with Gasteiger partial charge in [-0.1, -0.05) is 0 Å². The van der Waals surface area contributed by atoms with Crippen LogP contribution in [0.15, 0.2) is 23.1 Å². The second-order valence-electron chi connectivity index (χ2n) is 6.87. The molecule has 1 saturated heterocycles. The first-order chi connectivity index (χ1) is 11.8. The van der Waals surface area contributed by atoms with Crippen LogP contribution in [0.25, 0.3) is 0 Å². The number of benzene rings is 1. The van der Waals surface area contributed by atoms with Crippen molar-refractivity contribution < 1.29 is 18.0 Å². The monoisotopic (exact) mass is 401 g/mol. The van der Waals surface area contributed by atoms with Gasteiger partial charge in [0.2, 0.25) is 0 Å². The van der Waals surface area contributed by atoms with Crippen molar-refractivity contribution in [2.45, 2.75) is 31.2 Å². The Morgan fingerprint density at radius 2 is 2.04 bits per heavy atom. The highest BCUT2D eigenvalue weighted by molar-refractivity contribution is 7.90. The number of fused-ring (bicyclic) bond motifs is 1. The van der Waals surface area contributed by atoms with Gasteiger partial charge in [-0.3, -0.25) is 9.59 Å². The topological polar surface area (TPSA) is 86.8 Å². The molecule has 2 heterocycles. The van der Waals surface area contributed by atoms with E-state index < -0.39 is 22.0 Å². The van der Waals surface area contributed by atoms with Crippen LogP contribution in [-0.2, 0) is 10.0 Å². The molecule has 0 bridgehead atoms. The fraction of sp³-hybridized carbons (Fsp3) is 0.529. The van der Waals surface area contributed by atoms with E-state index >= 15 is 0 Å².